The van der Waals surface area contributed by atoms with Gasteiger partial charge in [-0.05, 0) is 67.5 Å². The number of hydrogen-bond donors (Lipinski definition) is 1. The van der Waals surface area contributed by atoms with Crippen molar-refractivity contribution in [3.63, 3.8) is 0 Å². The summed E-state index contributed by atoms with van der Waals surface area (Å²) in [7, 11) is 0. The molecule has 2 aromatic rings. The molecule has 0 aliphatic carbocycles. The summed E-state index contributed by atoms with van der Waals surface area (Å²) in [4.78, 5) is 26.6. The van der Waals surface area contributed by atoms with E-state index in [1.54, 1.807) is 0 Å². The SMILES string of the molecule is O=C1CCc2cc(C(=O)CN3CCCC(Cc4ccccc4)C3)ccc2N1. The standard InChI is InChI=1S/C23H26N2O2/c26-22(20-8-10-21-19(14-20)9-11-23(27)24-21)16-25-12-4-7-18(15-25)13-17-5-2-1-3-6-17/h1-3,5-6,8,10,14,18H,4,7,9,11-13,15-16H2,(H,24,27). The first-order chi connectivity index (χ1) is 13.2. The van der Waals surface area contributed by atoms with Crippen molar-refractivity contribution >= 4 is 17.4 Å². The summed E-state index contributed by atoms with van der Waals surface area (Å²) in [5, 5.41) is 2.88. The Bertz CT molecular complexity index is 832. The molecule has 1 saturated heterocycles. The van der Waals surface area contributed by atoms with Gasteiger partial charge in [-0.25, -0.2) is 0 Å². The molecular weight excluding hydrogens is 336 g/mol. The van der Waals surface area contributed by atoms with Gasteiger partial charge in [-0.2, -0.15) is 0 Å². The lowest BCUT2D eigenvalue weighted by molar-refractivity contribution is -0.116. The minimum Gasteiger partial charge on any atom is -0.326 e. The van der Waals surface area contributed by atoms with E-state index in [-0.39, 0.29) is 11.7 Å². The summed E-state index contributed by atoms with van der Waals surface area (Å²) < 4.78 is 0. The number of piperidine rings is 1. The molecule has 4 rings (SSSR count). The molecular formula is C23H26N2O2. The highest BCUT2D eigenvalue weighted by molar-refractivity contribution is 6.00. The number of likely N-dealkylation sites (tertiary alicyclic amines) is 1. The van der Waals surface area contributed by atoms with Crippen molar-refractivity contribution in [1.29, 1.82) is 0 Å². The fraction of sp³-hybridized carbons (Fsp3) is 0.391. The number of ketones is 1. The average molecular weight is 362 g/mol. The minimum atomic E-state index is 0.0550. The number of nitrogens with one attached hydrogen (secondary N) is 1. The summed E-state index contributed by atoms with van der Waals surface area (Å²) >= 11 is 0. The van der Waals surface area contributed by atoms with Crippen LogP contribution in [0.15, 0.2) is 48.5 Å². The molecule has 2 aliphatic rings. The lowest BCUT2D eigenvalue weighted by Gasteiger charge is -2.32. The van der Waals surface area contributed by atoms with Gasteiger partial charge in [-0.15, -0.1) is 0 Å². The Labute approximate surface area is 160 Å². The molecule has 4 nitrogen and oxygen atoms in total. The van der Waals surface area contributed by atoms with Crippen LogP contribution in [0.2, 0.25) is 0 Å². The molecule has 2 heterocycles. The zero-order valence-electron chi connectivity index (χ0n) is 15.6. The molecule has 1 unspecified atom stereocenters. The Hall–Kier alpha value is -2.46. The maximum absolute atomic E-state index is 12.8. The zero-order valence-corrected chi connectivity index (χ0v) is 15.6. The number of nitrogens with zero attached hydrogens (tertiary/aromatic N) is 1. The summed E-state index contributed by atoms with van der Waals surface area (Å²) in [5.41, 5.74) is 4.06. The summed E-state index contributed by atoms with van der Waals surface area (Å²) in [5.74, 6) is 0.849. The summed E-state index contributed by atoms with van der Waals surface area (Å²) in [6.45, 7) is 2.47. The van der Waals surface area contributed by atoms with Crippen LogP contribution in [0.3, 0.4) is 0 Å². The molecule has 2 aliphatic heterocycles. The fourth-order valence-electron chi connectivity index (χ4n) is 4.26. The minimum absolute atomic E-state index is 0.0550. The number of rotatable bonds is 5. The molecule has 1 atom stereocenters. The predicted molar refractivity (Wildman–Crippen MR) is 107 cm³/mol. The average Bonchev–Trinajstić information content (AvgIpc) is 2.68. The predicted octanol–water partition coefficient (Wildman–Crippen LogP) is 3.71. The van der Waals surface area contributed by atoms with Crippen molar-refractivity contribution < 1.29 is 9.59 Å². The number of hydrogen-bond acceptors (Lipinski definition) is 3. The molecule has 27 heavy (non-hydrogen) atoms. The number of carbonyl (C=O) groups excluding carboxylic acids is 2. The number of fused-ring (bicyclic) bond motifs is 1. The molecule has 0 bridgehead atoms. The smallest absolute Gasteiger partial charge is 0.224 e. The van der Waals surface area contributed by atoms with Crippen molar-refractivity contribution in [3.05, 3.63) is 65.2 Å². The van der Waals surface area contributed by atoms with Crippen LogP contribution in [0.4, 0.5) is 5.69 Å². The second-order valence-corrected chi connectivity index (χ2v) is 7.78. The highest BCUT2D eigenvalue weighted by Crippen LogP contribution is 2.25. The van der Waals surface area contributed by atoms with Crippen LogP contribution in [-0.4, -0.2) is 36.2 Å². The largest absolute Gasteiger partial charge is 0.326 e. The van der Waals surface area contributed by atoms with E-state index in [4.69, 9.17) is 0 Å². The third-order valence-corrected chi connectivity index (χ3v) is 5.66. The Morgan fingerprint density at radius 1 is 1.11 bits per heavy atom. The van der Waals surface area contributed by atoms with Crippen LogP contribution in [0.5, 0.6) is 0 Å². The second-order valence-electron chi connectivity index (χ2n) is 7.78. The van der Waals surface area contributed by atoms with Crippen molar-refractivity contribution in [2.45, 2.75) is 32.1 Å². The van der Waals surface area contributed by atoms with Gasteiger partial charge in [-0.3, -0.25) is 14.5 Å². The van der Waals surface area contributed by atoms with Crippen molar-refractivity contribution in [3.8, 4) is 0 Å². The zero-order chi connectivity index (χ0) is 18.6. The van der Waals surface area contributed by atoms with E-state index in [0.29, 0.717) is 25.3 Å². The number of aryl methyl sites for hydroxylation is 1. The van der Waals surface area contributed by atoms with Crippen LogP contribution in [0.25, 0.3) is 0 Å². The van der Waals surface area contributed by atoms with Gasteiger partial charge >= 0.3 is 0 Å². The van der Waals surface area contributed by atoms with E-state index in [0.717, 1.165) is 42.7 Å². The summed E-state index contributed by atoms with van der Waals surface area (Å²) in [6, 6.07) is 16.3. The summed E-state index contributed by atoms with van der Waals surface area (Å²) in [6.07, 6.45) is 4.69. The van der Waals surface area contributed by atoms with Crippen LogP contribution >= 0.6 is 0 Å². The highest BCUT2D eigenvalue weighted by atomic mass is 16.1. The second kappa shape index (κ2) is 8.05. The Morgan fingerprint density at radius 3 is 2.81 bits per heavy atom. The number of anilines is 1. The maximum atomic E-state index is 12.8. The monoisotopic (exact) mass is 362 g/mol. The molecule has 1 fully saturated rings. The number of Topliss-reactive ketones (excluding diaryl/α,β-unsaturated/α-hetero) is 1. The van der Waals surface area contributed by atoms with E-state index in [1.165, 1.54) is 12.0 Å². The van der Waals surface area contributed by atoms with Crippen molar-refractivity contribution in [2.24, 2.45) is 5.92 Å². The third kappa shape index (κ3) is 4.45. The van der Waals surface area contributed by atoms with E-state index in [1.807, 2.05) is 18.2 Å². The number of amides is 1. The van der Waals surface area contributed by atoms with Gasteiger partial charge in [0.15, 0.2) is 5.78 Å². The topological polar surface area (TPSA) is 49.4 Å². The molecule has 0 radical (unpaired) electrons. The van der Waals surface area contributed by atoms with E-state index < -0.39 is 0 Å². The molecule has 4 heteroatoms. The van der Waals surface area contributed by atoms with Gasteiger partial charge in [0.1, 0.15) is 0 Å². The van der Waals surface area contributed by atoms with E-state index in [2.05, 4.69) is 40.5 Å². The van der Waals surface area contributed by atoms with Gasteiger partial charge in [0.05, 0.1) is 6.54 Å². The van der Waals surface area contributed by atoms with Crippen molar-refractivity contribution in [2.75, 3.05) is 25.0 Å². The quantitative estimate of drug-likeness (QED) is 0.825. The van der Waals surface area contributed by atoms with Gasteiger partial charge in [0, 0.05) is 24.2 Å². The van der Waals surface area contributed by atoms with E-state index >= 15 is 0 Å². The van der Waals surface area contributed by atoms with Crippen LogP contribution in [0.1, 0.15) is 40.7 Å². The van der Waals surface area contributed by atoms with Crippen LogP contribution in [0, 0.1) is 5.92 Å². The molecule has 1 N–H and O–H groups in total. The first kappa shape index (κ1) is 17.9. The first-order valence-corrected chi connectivity index (χ1v) is 9.89. The molecule has 0 spiro atoms. The Balaban J connectivity index is 1.37. The Morgan fingerprint density at radius 2 is 1.96 bits per heavy atom. The first-order valence-electron chi connectivity index (χ1n) is 9.89. The van der Waals surface area contributed by atoms with E-state index in [9.17, 15) is 9.59 Å². The fourth-order valence-corrected chi connectivity index (χ4v) is 4.26. The van der Waals surface area contributed by atoms with Gasteiger partial charge in [0.25, 0.3) is 0 Å². The molecule has 1 amide bonds. The number of benzene rings is 2. The molecule has 0 saturated carbocycles. The highest BCUT2D eigenvalue weighted by Gasteiger charge is 2.23. The lowest BCUT2D eigenvalue weighted by atomic mass is 9.91. The van der Waals surface area contributed by atoms with Gasteiger partial charge < -0.3 is 5.32 Å². The third-order valence-electron chi connectivity index (χ3n) is 5.66. The van der Waals surface area contributed by atoms with Gasteiger partial charge in [0.2, 0.25) is 5.91 Å². The van der Waals surface area contributed by atoms with Crippen LogP contribution < -0.4 is 5.32 Å². The lowest BCUT2D eigenvalue weighted by Crippen LogP contribution is -2.39. The van der Waals surface area contributed by atoms with Gasteiger partial charge in [-0.1, -0.05) is 30.3 Å². The molecule has 0 aromatic heterocycles. The van der Waals surface area contributed by atoms with Crippen molar-refractivity contribution in [1.82, 2.24) is 4.90 Å². The number of carbonyl (C=O) groups is 2. The molecule has 2 aromatic carbocycles. The normalized spacial score (nSPS) is 20.0. The van der Waals surface area contributed by atoms with Crippen LogP contribution in [-0.2, 0) is 17.6 Å². The Kier molecular flexibility index (Phi) is 5.35. The maximum Gasteiger partial charge on any atom is 0.224 e. The molecule has 140 valence electrons.